The second-order valence-electron chi connectivity index (χ2n) is 7.92. The molecule has 1 amide bonds. The highest BCUT2D eigenvalue weighted by Crippen LogP contribution is 2.30. The molecule has 7 nitrogen and oxygen atoms in total. The summed E-state index contributed by atoms with van der Waals surface area (Å²) in [6.07, 6.45) is 2.10. The third kappa shape index (κ3) is 5.31. The fraction of sp³-hybridized carbons (Fsp3) is 0.333. The van der Waals surface area contributed by atoms with Gasteiger partial charge in [0.05, 0.1) is 17.0 Å². The molecule has 3 aromatic rings. The minimum atomic E-state index is -3.45. The van der Waals surface area contributed by atoms with Crippen LogP contribution in [0.2, 0.25) is 0 Å². The SMILES string of the molecule is COc1cccc2c(C)cc(SCCC(=O)Nc3ccc(S(=O)(=O)N4CCCC4)cc3)nc12. The Morgan fingerprint density at radius 3 is 2.58 bits per heavy atom. The summed E-state index contributed by atoms with van der Waals surface area (Å²) in [4.78, 5) is 17.3. The van der Waals surface area contributed by atoms with Gasteiger partial charge in [0.2, 0.25) is 15.9 Å². The monoisotopic (exact) mass is 485 g/mol. The van der Waals surface area contributed by atoms with Gasteiger partial charge in [0.15, 0.2) is 0 Å². The molecule has 0 unspecified atom stereocenters. The first-order valence-electron chi connectivity index (χ1n) is 10.9. The zero-order valence-electron chi connectivity index (χ0n) is 18.7. The number of para-hydroxylation sites is 1. The van der Waals surface area contributed by atoms with Crippen molar-refractivity contribution in [3.05, 3.63) is 54.1 Å². The molecule has 0 spiro atoms. The second kappa shape index (κ2) is 10.1. The van der Waals surface area contributed by atoms with E-state index in [0.717, 1.165) is 40.1 Å². The quantitative estimate of drug-likeness (QED) is 0.474. The van der Waals surface area contributed by atoms with Gasteiger partial charge in [-0.3, -0.25) is 4.79 Å². The Bertz CT molecular complexity index is 1250. The highest BCUT2D eigenvalue weighted by molar-refractivity contribution is 7.99. The molecule has 0 aliphatic carbocycles. The topological polar surface area (TPSA) is 88.6 Å². The zero-order chi connectivity index (χ0) is 23.4. The fourth-order valence-electron chi connectivity index (χ4n) is 3.86. The summed E-state index contributed by atoms with van der Waals surface area (Å²) in [5.41, 5.74) is 2.50. The number of fused-ring (bicyclic) bond motifs is 1. The number of aryl methyl sites for hydroxylation is 1. The Hall–Kier alpha value is -2.62. The van der Waals surface area contributed by atoms with Crippen molar-refractivity contribution in [2.45, 2.75) is 36.1 Å². The molecule has 174 valence electrons. The standard InChI is InChI=1S/C24H27N3O4S2/c1-17-16-23(26-24-20(17)6-5-7-21(24)31-2)32-15-12-22(28)25-18-8-10-19(11-9-18)33(29,30)27-13-3-4-14-27/h5-11,16H,3-4,12-15H2,1-2H3,(H,25,28). The maximum atomic E-state index is 12.6. The number of methoxy groups -OCH3 is 1. The maximum absolute atomic E-state index is 12.6. The number of benzene rings is 2. The summed E-state index contributed by atoms with van der Waals surface area (Å²) in [6, 6.07) is 14.2. The van der Waals surface area contributed by atoms with Gasteiger partial charge in [0.1, 0.15) is 11.3 Å². The fourth-order valence-corrected chi connectivity index (χ4v) is 6.29. The summed E-state index contributed by atoms with van der Waals surface area (Å²) < 4.78 is 32.2. The van der Waals surface area contributed by atoms with Gasteiger partial charge in [0.25, 0.3) is 0 Å². The minimum Gasteiger partial charge on any atom is -0.494 e. The van der Waals surface area contributed by atoms with Gasteiger partial charge in [-0.15, -0.1) is 11.8 Å². The van der Waals surface area contributed by atoms with E-state index in [1.807, 2.05) is 31.2 Å². The number of sulfonamides is 1. The molecular formula is C24H27N3O4S2. The number of carbonyl (C=O) groups is 1. The molecule has 1 aromatic heterocycles. The van der Waals surface area contributed by atoms with Crippen LogP contribution in [0.1, 0.15) is 24.8 Å². The summed E-state index contributed by atoms with van der Waals surface area (Å²) in [5, 5.41) is 4.72. The number of ether oxygens (including phenoxy) is 1. The van der Waals surface area contributed by atoms with Crippen LogP contribution in [0.25, 0.3) is 10.9 Å². The van der Waals surface area contributed by atoms with Crippen molar-refractivity contribution in [2.24, 2.45) is 0 Å². The van der Waals surface area contributed by atoms with Crippen LogP contribution in [-0.4, -0.2) is 49.6 Å². The van der Waals surface area contributed by atoms with Crippen molar-refractivity contribution in [1.29, 1.82) is 0 Å². The van der Waals surface area contributed by atoms with Crippen molar-refractivity contribution in [2.75, 3.05) is 31.3 Å². The Labute approximate surface area is 198 Å². The molecule has 0 radical (unpaired) electrons. The van der Waals surface area contributed by atoms with E-state index in [2.05, 4.69) is 5.32 Å². The van der Waals surface area contributed by atoms with Crippen molar-refractivity contribution < 1.29 is 17.9 Å². The van der Waals surface area contributed by atoms with Gasteiger partial charge < -0.3 is 10.1 Å². The van der Waals surface area contributed by atoms with E-state index in [0.29, 0.717) is 31.0 Å². The lowest BCUT2D eigenvalue weighted by molar-refractivity contribution is -0.115. The zero-order valence-corrected chi connectivity index (χ0v) is 20.3. The summed E-state index contributed by atoms with van der Waals surface area (Å²) in [6.45, 7) is 3.17. The minimum absolute atomic E-state index is 0.132. The number of pyridine rings is 1. The highest BCUT2D eigenvalue weighted by Gasteiger charge is 2.26. The van der Waals surface area contributed by atoms with Gasteiger partial charge in [-0.25, -0.2) is 13.4 Å². The molecule has 9 heteroatoms. The highest BCUT2D eigenvalue weighted by atomic mass is 32.2. The lowest BCUT2D eigenvalue weighted by atomic mass is 10.1. The molecule has 33 heavy (non-hydrogen) atoms. The number of hydrogen-bond donors (Lipinski definition) is 1. The Morgan fingerprint density at radius 2 is 1.88 bits per heavy atom. The van der Waals surface area contributed by atoms with Crippen LogP contribution in [0.4, 0.5) is 5.69 Å². The molecule has 4 rings (SSSR count). The van der Waals surface area contributed by atoms with E-state index < -0.39 is 10.0 Å². The summed E-state index contributed by atoms with van der Waals surface area (Å²) in [7, 11) is -1.82. The van der Waals surface area contributed by atoms with E-state index in [9.17, 15) is 13.2 Å². The molecule has 0 atom stereocenters. The predicted octanol–water partition coefficient (Wildman–Crippen LogP) is 4.46. The van der Waals surface area contributed by atoms with Crippen molar-refractivity contribution in [3.8, 4) is 5.75 Å². The van der Waals surface area contributed by atoms with Crippen molar-refractivity contribution >= 4 is 44.3 Å². The molecule has 2 heterocycles. The predicted molar refractivity (Wildman–Crippen MR) is 131 cm³/mol. The van der Waals surface area contributed by atoms with Gasteiger partial charge in [-0.1, -0.05) is 12.1 Å². The maximum Gasteiger partial charge on any atom is 0.243 e. The van der Waals surface area contributed by atoms with Crippen LogP contribution in [0.15, 0.2) is 58.5 Å². The van der Waals surface area contributed by atoms with Crippen LogP contribution in [0.3, 0.4) is 0 Å². The average molecular weight is 486 g/mol. The molecule has 0 bridgehead atoms. The number of carbonyl (C=O) groups excluding carboxylic acids is 1. The first-order chi connectivity index (χ1) is 15.9. The number of hydrogen-bond acceptors (Lipinski definition) is 6. The number of rotatable bonds is 8. The smallest absolute Gasteiger partial charge is 0.243 e. The molecular weight excluding hydrogens is 458 g/mol. The van der Waals surface area contributed by atoms with E-state index in [4.69, 9.17) is 9.72 Å². The van der Waals surface area contributed by atoms with Gasteiger partial charge >= 0.3 is 0 Å². The van der Waals surface area contributed by atoms with Gasteiger partial charge in [-0.05, 0) is 61.7 Å². The summed E-state index contributed by atoms with van der Waals surface area (Å²) in [5.74, 6) is 1.17. The van der Waals surface area contributed by atoms with Gasteiger partial charge in [-0.2, -0.15) is 4.31 Å². The van der Waals surface area contributed by atoms with Crippen LogP contribution in [-0.2, 0) is 14.8 Å². The Morgan fingerprint density at radius 1 is 1.15 bits per heavy atom. The van der Waals surface area contributed by atoms with Crippen LogP contribution in [0.5, 0.6) is 5.75 Å². The lowest BCUT2D eigenvalue weighted by Gasteiger charge is -2.15. The van der Waals surface area contributed by atoms with Crippen LogP contribution >= 0.6 is 11.8 Å². The molecule has 2 aromatic carbocycles. The molecule has 1 aliphatic heterocycles. The van der Waals surface area contributed by atoms with Gasteiger partial charge in [0, 0.05) is 36.3 Å². The van der Waals surface area contributed by atoms with E-state index >= 15 is 0 Å². The number of nitrogens with one attached hydrogen (secondary N) is 1. The number of aromatic nitrogens is 1. The average Bonchev–Trinajstić information content (AvgIpc) is 3.35. The molecule has 0 saturated carbocycles. The first-order valence-corrected chi connectivity index (χ1v) is 13.3. The number of anilines is 1. The molecule has 1 saturated heterocycles. The lowest BCUT2D eigenvalue weighted by Crippen LogP contribution is -2.27. The Balaban J connectivity index is 1.33. The Kier molecular flexibility index (Phi) is 7.21. The normalized spacial score (nSPS) is 14.5. The van der Waals surface area contributed by atoms with E-state index in [1.165, 1.54) is 16.1 Å². The molecule has 1 N–H and O–H groups in total. The first kappa shape index (κ1) is 23.5. The van der Waals surface area contributed by atoms with E-state index in [-0.39, 0.29) is 10.8 Å². The van der Waals surface area contributed by atoms with Crippen molar-refractivity contribution in [3.63, 3.8) is 0 Å². The van der Waals surface area contributed by atoms with Crippen LogP contribution in [0, 0.1) is 6.92 Å². The molecule has 1 fully saturated rings. The third-order valence-corrected chi connectivity index (χ3v) is 8.45. The number of amides is 1. The molecule has 1 aliphatic rings. The second-order valence-corrected chi connectivity index (χ2v) is 11.0. The van der Waals surface area contributed by atoms with Crippen molar-refractivity contribution in [1.82, 2.24) is 9.29 Å². The van der Waals surface area contributed by atoms with E-state index in [1.54, 1.807) is 31.4 Å². The third-order valence-electron chi connectivity index (χ3n) is 5.63. The summed E-state index contributed by atoms with van der Waals surface area (Å²) >= 11 is 1.52. The van der Waals surface area contributed by atoms with Crippen LogP contribution < -0.4 is 10.1 Å². The largest absolute Gasteiger partial charge is 0.494 e. The number of thioether (sulfide) groups is 1. The number of nitrogens with zero attached hydrogens (tertiary/aromatic N) is 2.